The van der Waals surface area contributed by atoms with E-state index < -0.39 is 0 Å². The summed E-state index contributed by atoms with van der Waals surface area (Å²) in [6, 6.07) is 0. The number of unbranched alkanes of at least 4 members (excludes halogenated alkanes) is 1. The van der Waals surface area contributed by atoms with Crippen LogP contribution in [0.15, 0.2) is 4.99 Å². The minimum Gasteiger partial charge on any atom is -0.379 e. The summed E-state index contributed by atoms with van der Waals surface area (Å²) in [7, 11) is 0. The molecule has 18 heavy (non-hydrogen) atoms. The summed E-state index contributed by atoms with van der Waals surface area (Å²) in [4.78, 5) is 6.45. The van der Waals surface area contributed by atoms with Crippen molar-refractivity contribution in [3.05, 3.63) is 0 Å². The van der Waals surface area contributed by atoms with Gasteiger partial charge in [0.25, 0.3) is 0 Å². The molecule has 0 amide bonds. The number of guanidine groups is 1. The minimum atomic E-state index is 0. The molecule has 6 heteroatoms. The molecule has 1 fully saturated rings. The Hall–Kier alpha value is -0.0800. The van der Waals surface area contributed by atoms with Gasteiger partial charge in [0.05, 0.1) is 19.3 Å². The molecule has 0 aliphatic carbocycles. The molecule has 0 bridgehead atoms. The Kier molecular flexibility index (Phi) is 10.8. The second-order valence-corrected chi connectivity index (χ2v) is 4.47. The smallest absolute Gasteiger partial charge is 0.191 e. The van der Waals surface area contributed by atoms with Crippen molar-refractivity contribution in [2.45, 2.75) is 32.8 Å². The Morgan fingerprint density at radius 2 is 2.00 bits per heavy atom. The van der Waals surface area contributed by atoms with Gasteiger partial charge in [-0.3, -0.25) is 4.99 Å². The largest absolute Gasteiger partial charge is 0.379 e. The van der Waals surface area contributed by atoms with E-state index in [0.29, 0.717) is 12.1 Å². The van der Waals surface area contributed by atoms with Crippen LogP contribution >= 0.6 is 24.0 Å². The van der Waals surface area contributed by atoms with E-state index >= 15 is 0 Å². The van der Waals surface area contributed by atoms with Crippen LogP contribution in [-0.4, -0.2) is 56.4 Å². The van der Waals surface area contributed by atoms with Crippen molar-refractivity contribution in [3.63, 3.8) is 0 Å². The number of nitrogens with zero attached hydrogens (tertiary/aromatic N) is 2. The zero-order chi connectivity index (χ0) is 12.5. The highest BCUT2D eigenvalue weighted by Gasteiger charge is 2.11. The van der Waals surface area contributed by atoms with Crippen molar-refractivity contribution in [2.24, 2.45) is 10.7 Å². The quantitative estimate of drug-likeness (QED) is 0.332. The van der Waals surface area contributed by atoms with E-state index in [1.54, 1.807) is 0 Å². The van der Waals surface area contributed by atoms with E-state index in [9.17, 15) is 0 Å². The summed E-state index contributed by atoms with van der Waals surface area (Å²) >= 11 is 0. The van der Waals surface area contributed by atoms with Gasteiger partial charge in [-0.25, -0.2) is 0 Å². The maximum absolute atomic E-state index is 5.90. The van der Waals surface area contributed by atoms with Crippen LogP contribution in [0.3, 0.4) is 0 Å². The predicted octanol–water partition coefficient (Wildman–Crippen LogP) is 1.46. The van der Waals surface area contributed by atoms with Gasteiger partial charge in [0.1, 0.15) is 0 Å². The first-order chi connectivity index (χ1) is 8.20. The van der Waals surface area contributed by atoms with E-state index in [1.807, 2.05) is 0 Å². The molecular weight excluding hydrogens is 345 g/mol. The molecule has 0 saturated carbocycles. The van der Waals surface area contributed by atoms with Gasteiger partial charge in [0.15, 0.2) is 5.96 Å². The van der Waals surface area contributed by atoms with Crippen molar-refractivity contribution in [1.82, 2.24) is 4.90 Å². The molecule has 1 heterocycles. The Morgan fingerprint density at radius 1 is 1.33 bits per heavy atom. The maximum Gasteiger partial charge on any atom is 0.191 e. The lowest BCUT2D eigenvalue weighted by atomic mass is 10.3. The third kappa shape index (κ3) is 8.10. The van der Waals surface area contributed by atoms with E-state index in [0.717, 1.165) is 52.3 Å². The van der Waals surface area contributed by atoms with Crippen LogP contribution < -0.4 is 5.73 Å². The van der Waals surface area contributed by atoms with Gasteiger partial charge in [0.2, 0.25) is 0 Å². The van der Waals surface area contributed by atoms with Crippen molar-refractivity contribution in [3.8, 4) is 0 Å². The van der Waals surface area contributed by atoms with E-state index in [4.69, 9.17) is 15.2 Å². The number of nitrogens with two attached hydrogens (primary N) is 1. The van der Waals surface area contributed by atoms with Gasteiger partial charge in [-0.2, -0.15) is 0 Å². The maximum atomic E-state index is 5.90. The molecule has 0 radical (unpaired) electrons. The third-order valence-corrected chi connectivity index (χ3v) is 2.61. The van der Waals surface area contributed by atoms with Crippen molar-refractivity contribution in [1.29, 1.82) is 0 Å². The molecule has 2 N–H and O–H groups in total. The van der Waals surface area contributed by atoms with Crippen LogP contribution in [0.2, 0.25) is 0 Å². The zero-order valence-electron chi connectivity index (χ0n) is 11.4. The fraction of sp³-hybridized carbons (Fsp3) is 0.917. The highest BCUT2D eigenvalue weighted by atomic mass is 127. The van der Waals surface area contributed by atoms with E-state index in [2.05, 4.69) is 23.7 Å². The molecule has 0 spiro atoms. The fourth-order valence-electron chi connectivity index (χ4n) is 1.62. The van der Waals surface area contributed by atoms with Gasteiger partial charge >= 0.3 is 0 Å². The van der Waals surface area contributed by atoms with Crippen LogP contribution in [0, 0.1) is 0 Å². The van der Waals surface area contributed by atoms with Gasteiger partial charge in [0, 0.05) is 26.2 Å². The van der Waals surface area contributed by atoms with Gasteiger partial charge in [-0.1, -0.05) is 0 Å². The van der Waals surface area contributed by atoms with Crippen molar-refractivity contribution in [2.75, 3.05) is 39.5 Å². The Balaban J connectivity index is 0.00000289. The normalized spacial score (nSPS) is 16.8. The van der Waals surface area contributed by atoms with Crippen molar-refractivity contribution < 1.29 is 9.47 Å². The molecule has 1 aliphatic heterocycles. The molecule has 1 saturated heterocycles. The fourth-order valence-corrected chi connectivity index (χ4v) is 1.62. The number of ether oxygens (including phenoxy) is 2. The zero-order valence-corrected chi connectivity index (χ0v) is 13.8. The first kappa shape index (κ1) is 17.9. The minimum absolute atomic E-state index is 0. The average molecular weight is 371 g/mol. The van der Waals surface area contributed by atoms with Gasteiger partial charge in [-0.15, -0.1) is 24.0 Å². The molecule has 0 aromatic carbocycles. The predicted molar refractivity (Wildman–Crippen MR) is 84.6 cm³/mol. The van der Waals surface area contributed by atoms with Gasteiger partial charge < -0.3 is 20.1 Å². The van der Waals surface area contributed by atoms with E-state index in [-0.39, 0.29) is 24.0 Å². The summed E-state index contributed by atoms with van der Waals surface area (Å²) in [6.45, 7) is 8.90. The first-order valence-corrected chi connectivity index (χ1v) is 6.44. The summed E-state index contributed by atoms with van der Waals surface area (Å²) in [5.74, 6) is 0.651. The Bertz CT molecular complexity index is 231. The lowest BCUT2D eigenvalue weighted by Gasteiger charge is -2.27. The lowest BCUT2D eigenvalue weighted by Crippen LogP contribution is -2.44. The number of hydrogen-bond acceptors (Lipinski definition) is 3. The molecule has 1 rings (SSSR count). The highest BCUT2D eigenvalue weighted by Crippen LogP contribution is 1.98. The molecule has 0 unspecified atom stereocenters. The van der Waals surface area contributed by atoms with E-state index in [1.165, 1.54) is 0 Å². The molecule has 0 aromatic heterocycles. The number of hydrogen-bond donors (Lipinski definition) is 1. The molecule has 108 valence electrons. The highest BCUT2D eigenvalue weighted by molar-refractivity contribution is 14.0. The Labute approximate surface area is 127 Å². The number of aliphatic imine (C=N–C) groups is 1. The molecular formula is C12H26IN3O2. The molecule has 0 atom stereocenters. The second-order valence-electron chi connectivity index (χ2n) is 4.47. The summed E-state index contributed by atoms with van der Waals surface area (Å²) in [5.41, 5.74) is 5.90. The molecule has 0 aromatic rings. The third-order valence-electron chi connectivity index (χ3n) is 2.61. The molecule has 5 nitrogen and oxygen atoms in total. The molecule has 1 aliphatic rings. The monoisotopic (exact) mass is 371 g/mol. The van der Waals surface area contributed by atoms with Crippen LogP contribution in [0.4, 0.5) is 0 Å². The average Bonchev–Trinajstić information content (AvgIpc) is 2.34. The SMILES string of the molecule is CC(C)OCCCCN=C(N)N1CCOCC1.I. The Morgan fingerprint density at radius 3 is 2.61 bits per heavy atom. The summed E-state index contributed by atoms with van der Waals surface area (Å²) in [5, 5.41) is 0. The summed E-state index contributed by atoms with van der Waals surface area (Å²) < 4.78 is 10.7. The van der Waals surface area contributed by atoms with Crippen LogP contribution in [0.1, 0.15) is 26.7 Å². The van der Waals surface area contributed by atoms with Crippen LogP contribution in [0.25, 0.3) is 0 Å². The standard InChI is InChI=1S/C12H25N3O2.HI/c1-11(2)17-8-4-3-5-14-12(13)15-6-9-16-10-7-15;/h11H,3-10H2,1-2H3,(H2,13,14);1H. The van der Waals surface area contributed by atoms with Gasteiger partial charge in [-0.05, 0) is 26.7 Å². The van der Waals surface area contributed by atoms with Crippen LogP contribution in [0.5, 0.6) is 0 Å². The van der Waals surface area contributed by atoms with Crippen molar-refractivity contribution >= 4 is 29.9 Å². The van der Waals surface area contributed by atoms with Crippen LogP contribution in [-0.2, 0) is 9.47 Å². The second kappa shape index (κ2) is 10.8. The lowest BCUT2D eigenvalue weighted by molar-refractivity contribution is 0.0673. The number of rotatable bonds is 6. The number of halogens is 1. The summed E-state index contributed by atoms with van der Waals surface area (Å²) in [6.07, 6.45) is 2.38. The number of morpholine rings is 1. The topological polar surface area (TPSA) is 60.1 Å². The first-order valence-electron chi connectivity index (χ1n) is 6.44.